The normalized spacial score (nSPS) is 15.2. The molecule has 1 aliphatic heterocycles. The third-order valence-electron chi connectivity index (χ3n) is 5.63. The maximum absolute atomic E-state index is 12.5. The van der Waals surface area contributed by atoms with Crippen molar-refractivity contribution in [2.75, 3.05) is 19.7 Å². The number of ether oxygens (including phenoxy) is 1. The first-order valence-electron chi connectivity index (χ1n) is 10.8. The second-order valence-electron chi connectivity index (χ2n) is 7.81. The third kappa shape index (κ3) is 4.80. The van der Waals surface area contributed by atoms with Gasteiger partial charge in [-0.1, -0.05) is 12.1 Å². The van der Waals surface area contributed by atoms with E-state index >= 15 is 0 Å². The van der Waals surface area contributed by atoms with Crippen molar-refractivity contribution >= 4 is 5.91 Å². The number of benzene rings is 1. The summed E-state index contributed by atoms with van der Waals surface area (Å²) < 4.78 is 12.9. The lowest BCUT2D eigenvalue weighted by Crippen LogP contribution is -2.30. The van der Waals surface area contributed by atoms with Crippen molar-refractivity contribution in [1.29, 1.82) is 0 Å². The number of aryl methyl sites for hydroxylation is 1. The largest absolute Gasteiger partial charge is 0.494 e. The van der Waals surface area contributed by atoms with Gasteiger partial charge < -0.3 is 19.0 Å². The summed E-state index contributed by atoms with van der Waals surface area (Å²) in [4.78, 5) is 15.0. The number of hydrogen-bond acceptors (Lipinski definition) is 6. The lowest BCUT2D eigenvalue weighted by atomic mass is 10.2. The van der Waals surface area contributed by atoms with E-state index in [2.05, 4.69) is 37.1 Å². The quantitative estimate of drug-likeness (QED) is 0.628. The van der Waals surface area contributed by atoms with Crippen molar-refractivity contribution in [3.05, 3.63) is 65.1 Å². The zero-order chi connectivity index (χ0) is 21.8. The molecule has 0 spiro atoms. The third-order valence-corrected chi connectivity index (χ3v) is 5.63. The zero-order valence-electron chi connectivity index (χ0n) is 18.3. The number of hydrogen-bond donors (Lipinski definition) is 1. The summed E-state index contributed by atoms with van der Waals surface area (Å²) >= 11 is 0. The molecule has 1 aliphatic rings. The molecule has 31 heavy (non-hydrogen) atoms. The van der Waals surface area contributed by atoms with Crippen molar-refractivity contribution in [2.24, 2.45) is 0 Å². The molecule has 2 aromatic heterocycles. The van der Waals surface area contributed by atoms with Gasteiger partial charge in [0.15, 0.2) is 5.82 Å². The minimum absolute atomic E-state index is 0.165. The van der Waals surface area contributed by atoms with Gasteiger partial charge in [-0.15, -0.1) is 10.2 Å². The number of aromatic nitrogens is 3. The minimum atomic E-state index is -0.249. The number of fused-ring (bicyclic) bond motifs is 1. The van der Waals surface area contributed by atoms with E-state index in [0.29, 0.717) is 17.9 Å². The fourth-order valence-electron chi connectivity index (χ4n) is 3.94. The van der Waals surface area contributed by atoms with Crippen LogP contribution in [0.15, 0.2) is 41.0 Å². The predicted octanol–water partition coefficient (Wildman–Crippen LogP) is 3.13. The molecule has 1 N–H and O–H groups in total. The molecule has 0 bridgehead atoms. The van der Waals surface area contributed by atoms with E-state index in [0.717, 1.165) is 50.0 Å². The molecule has 8 nitrogen and oxygen atoms in total. The van der Waals surface area contributed by atoms with Crippen LogP contribution >= 0.6 is 0 Å². The van der Waals surface area contributed by atoms with E-state index in [1.54, 1.807) is 13.0 Å². The maximum Gasteiger partial charge on any atom is 0.255 e. The minimum Gasteiger partial charge on any atom is -0.494 e. The number of nitrogens with zero attached hydrogens (tertiary/aromatic N) is 4. The van der Waals surface area contributed by atoms with Gasteiger partial charge in [0.2, 0.25) is 0 Å². The summed E-state index contributed by atoms with van der Waals surface area (Å²) in [7, 11) is 0. The Labute approximate surface area is 182 Å². The molecule has 1 atom stereocenters. The molecule has 4 rings (SSSR count). The standard InChI is InChI=1S/C23H29N5O3/c1-4-30-19-7-5-18(6-8-19)15-27-11-9-21-25-26-22(28(21)13-12-27)16(2)24-23(29)20-10-14-31-17(20)3/h5-8,10,14,16H,4,9,11-13,15H2,1-3H3,(H,24,29)/t16-/m1/s1. The van der Waals surface area contributed by atoms with Crippen LogP contribution in [0.4, 0.5) is 0 Å². The van der Waals surface area contributed by atoms with Crippen LogP contribution in [0.25, 0.3) is 0 Å². The Hall–Kier alpha value is -3.13. The van der Waals surface area contributed by atoms with Crippen molar-refractivity contribution < 1.29 is 13.9 Å². The topological polar surface area (TPSA) is 85.4 Å². The van der Waals surface area contributed by atoms with Crippen molar-refractivity contribution in [2.45, 2.75) is 46.3 Å². The monoisotopic (exact) mass is 423 g/mol. The molecule has 8 heteroatoms. The number of furan rings is 1. The van der Waals surface area contributed by atoms with Gasteiger partial charge in [-0.05, 0) is 44.5 Å². The second-order valence-corrected chi connectivity index (χ2v) is 7.81. The van der Waals surface area contributed by atoms with Gasteiger partial charge in [0, 0.05) is 32.6 Å². The number of amides is 1. The van der Waals surface area contributed by atoms with Crippen LogP contribution in [0.1, 0.15) is 53.2 Å². The lowest BCUT2D eigenvalue weighted by Gasteiger charge is -2.20. The van der Waals surface area contributed by atoms with Gasteiger partial charge in [-0.2, -0.15) is 0 Å². The molecule has 0 saturated heterocycles. The van der Waals surface area contributed by atoms with Crippen LogP contribution in [-0.2, 0) is 19.5 Å². The predicted molar refractivity (Wildman–Crippen MR) is 116 cm³/mol. The van der Waals surface area contributed by atoms with Gasteiger partial charge in [0.1, 0.15) is 17.3 Å². The average Bonchev–Trinajstić information content (AvgIpc) is 3.32. The molecule has 0 fully saturated rings. The van der Waals surface area contributed by atoms with Crippen LogP contribution in [0.2, 0.25) is 0 Å². The summed E-state index contributed by atoms with van der Waals surface area (Å²) in [6.45, 7) is 9.86. The summed E-state index contributed by atoms with van der Waals surface area (Å²) in [6.07, 6.45) is 2.35. The molecular formula is C23H29N5O3. The van der Waals surface area contributed by atoms with E-state index in [1.807, 2.05) is 26.0 Å². The maximum atomic E-state index is 12.5. The Morgan fingerprint density at radius 2 is 2.00 bits per heavy atom. The molecule has 0 radical (unpaired) electrons. The van der Waals surface area contributed by atoms with E-state index in [4.69, 9.17) is 9.15 Å². The van der Waals surface area contributed by atoms with Gasteiger partial charge in [0.05, 0.1) is 24.5 Å². The zero-order valence-corrected chi connectivity index (χ0v) is 18.3. The number of nitrogens with one attached hydrogen (secondary N) is 1. The van der Waals surface area contributed by atoms with Crippen molar-refractivity contribution in [3.8, 4) is 5.75 Å². The highest BCUT2D eigenvalue weighted by Crippen LogP contribution is 2.19. The molecule has 1 amide bonds. The smallest absolute Gasteiger partial charge is 0.255 e. The molecule has 0 unspecified atom stereocenters. The van der Waals surface area contributed by atoms with Crippen LogP contribution in [0, 0.1) is 6.92 Å². The molecule has 1 aromatic carbocycles. The van der Waals surface area contributed by atoms with E-state index < -0.39 is 0 Å². The van der Waals surface area contributed by atoms with E-state index in [1.165, 1.54) is 11.8 Å². The van der Waals surface area contributed by atoms with Crippen LogP contribution < -0.4 is 10.1 Å². The van der Waals surface area contributed by atoms with E-state index in [9.17, 15) is 4.79 Å². The Morgan fingerprint density at radius 1 is 1.19 bits per heavy atom. The van der Waals surface area contributed by atoms with Gasteiger partial charge in [-0.25, -0.2) is 0 Å². The first-order valence-corrected chi connectivity index (χ1v) is 10.8. The summed E-state index contributed by atoms with van der Waals surface area (Å²) in [5, 5.41) is 11.8. The number of rotatable bonds is 7. The highest BCUT2D eigenvalue weighted by molar-refractivity contribution is 5.95. The Balaban J connectivity index is 1.39. The summed E-state index contributed by atoms with van der Waals surface area (Å²) in [5.74, 6) is 3.09. The number of carbonyl (C=O) groups is 1. The number of carbonyl (C=O) groups excluding carboxylic acids is 1. The van der Waals surface area contributed by atoms with Crippen LogP contribution in [0.3, 0.4) is 0 Å². The Bertz CT molecular complexity index is 1020. The SMILES string of the molecule is CCOc1ccc(CN2CCc3nnc([C@@H](C)NC(=O)c4ccoc4C)n3CC2)cc1. The fraction of sp³-hybridized carbons (Fsp3) is 0.435. The fourth-order valence-corrected chi connectivity index (χ4v) is 3.94. The molecule has 0 aliphatic carbocycles. The van der Waals surface area contributed by atoms with Crippen LogP contribution in [-0.4, -0.2) is 45.3 Å². The summed E-state index contributed by atoms with van der Waals surface area (Å²) in [5.41, 5.74) is 1.81. The molecule has 0 saturated carbocycles. The summed E-state index contributed by atoms with van der Waals surface area (Å²) in [6, 6.07) is 9.72. The molecule has 3 heterocycles. The van der Waals surface area contributed by atoms with Crippen LogP contribution in [0.5, 0.6) is 5.75 Å². The molecule has 164 valence electrons. The van der Waals surface area contributed by atoms with Crippen molar-refractivity contribution in [1.82, 2.24) is 25.0 Å². The Kier molecular flexibility index (Phi) is 6.36. The Morgan fingerprint density at radius 3 is 2.71 bits per heavy atom. The van der Waals surface area contributed by atoms with Gasteiger partial charge in [-0.3, -0.25) is 9.69 Å². The first-order chi connectivity index (χ1) is 15.0. The molecular weight excluding hydrogens is 394 g/mol. The first kappa shape index (κ1) is 21.1. The van der Waals surface area contributed by atoms with Gasteiger partial charge in [0.25, 0.3) is 5.91 Å². The van der Waals surface area contributed by atoms with E-state index in [-0.39, 0.29) is 11.9 Å². The average molecular weight is 424 g/mol. The lowest BCUT2D eigenvalue weighted by molar-refractivity contribution is 0.0936. The second kappa shape index (κ2) is 9.34. The highest BCUT2D eigenvalue weighted by Gasteiger charge is 2.24. The van der Waals surface area contributed by atoms with Crippen molar-refractivity contribution in [3.63, 3.8) is 0 Å². The highest BCUT2D eigenvalue weighted by atomic mass is 16.5. The van der Waals surface area contributed by atoms with Gasteiger partial charge >= 0.3 is 0 Å². The molecule has 3 aromatic rings.